The van der Waals surface area contributed by atoms with Crippen LogP contribution in [-0.4, -0.2) is 15.0 Å². The molecule has 0 unspecified atom stereocenters. The van der Waals surface area contributed by atoms with E-state index in [0.717, 1.165) is 9.75 Å². The van der Waals surface area contributed by atoms with Gasteiger partial charge in [-0.3, -0.25) is 9.59 Å². The minimum atomic E-state index is -0.395. The summed E-state index contributed by atoms with van der Waals surface area (Å²) in [4.78, 5) is 37.7. The highest BCUT2D eigenvalue weighted by Gasteiger charge is 2.21. The zero-order chi connectivity index (χ0) is 20.6. The lowest BCUT2D eigenvalue weighted by molar-refractivity contribution is 0.407. The van der Waals surface area contributed by atoms with Crippen molar-refractivity contribution in [1.82, 2.24) is 15.0 Å². The van der Waals surface area contributed by atoms with Crippen molar-refractivity contribution >= 4 is 34.8 Å². The SMILES string of the molecule is CC(C)(C)c1ocnc1C=c1[nH]c(=O)c(=Cc2ccc(-c3cccs3)s2)[nH]c1=O. The van der Waals surface area contributed by atoms with E-state index in [-0.39, 0.29) is 21.7 Å². The fraction of sp³-hybridized carbons (Fsp3) is 0.190. The van der Waals surface area contributed by atoms with E-state index in [9.17, 15) is 9.59 Å². The monoisotopic (exact) mass is 425 g/mol. The van der Waals surface area contributed by atoms with Gasteiger partial charge in [-0.25, -0.2) is 4.98 Å². The van der Waals surface area contributed by atoms with Crippen molar-refractivity contribution in [1.29, 1.82) is 0 Å². The van der Waals surface area contributed by atoms with Gasteiger partial charge in [0.1, 0.15) is 22.2 Å². The molecule has 4 rings (SSSR count). The summed E-state index contributed by atoms with van der Waals surface area (Å²) >= 11 is 3.22. The minimum absolute atomic E-state index is 0.136. The summed E-state index contributed by atoms with van der Waals surface area (Å²) in [6.07, 6.45) is 4.55. The molecule has 0 aliphatic rings. The standard InChI is InChI=1S/C21H19N3O3S2/c1-21(2,3)18-13(22-11-27-18)10-15-20(26)23-14(19(25)24-15)9-12-6-7-17(29-12)16-5-4-8-28-16/h4-11H,1-3H3,(H,23,26)(H,24,25). The Morgan fingerprint density at radius 3 is 2.38 bits per heavy atom. The second-order valence-electron chi connectivity index (χ2n) is 7.52. The molecular weight excluding hydrogens is 406 g/mol. The Morgan fingerprint density at radius 1 is 1.00 bits per heavy atom. The molecule has 4 aromatic heterocycles. The minimum Gasteiger partial charge on any atom is -0.447 e. The number of hydrogen-bond donors (Lipinski definition) is 2. The Bertz CT molecular complexity index is 1380. The number of nitrogens with zero attached hydrogens (tertiary/aromatic N) is 1. The predicted octanol–water partition coefficient (Wildman–Crippen LogP) is 2.80. The molecule has 0 saturated carbocycles. The van der Waals surface area contributed by atoms with Crippen LogP contribution in [0.1, 0.15) is 37.1 Å². The molecule has 0 aromatic carbocycles. The molecule has 4 heterocycles. The molecule has 2 N–H and O–H groups in total. The summed E-state index contributed by atoms with van der Waals surface area (Å²) in [6.45, 7) is 5.96. The lowest BCUT2D eigenvalue weighted by Crippen LogP contribution is -2.46. The lowest BCUT2D eigenvalue weighted by Gasteiger charge is -2.14. The van der Waals surface area contributed by atoms with Gasteiger partial charge in [0.2, 0.25) is 0 Å². The highest BCUT2D eigenvalue weighted by Crippen LogP contribution is 2.31. The molecule has 0 atom stereocenters. The first-order valence-corrected chi connectivity index (χ1v) is 10.6. The molecule has 148 valence electrons. The van der Waals surface area contributed by atoms with Crippen LogP contribution in [0.25, 0.3) is 21.9 Å². The van der Waals surface area contributed by atoms with Crippen molar-refractivity contribution in [3.8, 4) is 9.75 Å². The van der Waals surface area contributed by atoms with Gasteiger partial charge in [0.25, 0.3) is 11.1 Å². The average Bonchev–Trinajstić information content (AvgIpc) is 3.39. The summed E-state index contributed by atoms with van der Waals surface area (Å²) in [7, 11) is 0. The molecule has 0 radical (unpaired) electrons. The Kier molecular flexibility index (Phi) is 4.97. The number of oxazole rings is 1. The van der Waals surface area contributed by atoms with Crippen LogP contribution >= 0.6 is 22.7 Å². The zero-order valence-corrected chi connectivity index (χ0v) is 17.7. The molecule has 0 bridgehead atoms. The van der Waals surface area contributed by atoms with Crippen molar-refractivity contribution in [2.24, 2.45) is 0 Å². The van der Waals surface area contributed by atoms with Crippen LogP contribution in [0.4, 0.5) is 0 Å². The third-order valence-corrected chi connectivity index (χ3v) is 6.32. The number of aromatic nitrogens is 3. The van der Waals surface area contributed by atoms with E-state index < -0.39 is 5.56 Å². The molecule has 29 heavy (non-hydrogen) atoms. The highest BCUT2D eigenvalue weighted by molar-refractivity contribution is 7.21. The van der Waals surface area contributed by atoms with Gasteiger partial charge in [0.15, 0.2) is 6.39 Å². The van der Waals surface area contributed by atoms with Gasteiger partial charge in [-0.1, -0.05) is 26.8 Å². The first-order valence-electron chi connectivity index (χ1n) is 8.95. The zero-order valence-electron chi connectivity index (χ0n) is 16.1. The summed E-state index contributed by atoms with van der Waals surface area (Å²) in [5, 5.41) is 2.37. The molecule has 6 nitrogen and oxygen atoms in total. The molecule has 8 heteroatoms. The average molecular weight is 426 g/mol. The van der Waals surface area contributed by atoms with Crippen molar-refractivity contribution in [2.75, 3.05) is 0 Å². The fourth-order valence-electron chi connectivity index (χ4n) is 2.88. The van der Waals surface area contributed by atoms with Crippen LogP contribution in [0, 0.1) is 0 Å². The number of H-pyrrole nitrogens is 2. The fourth-order valence-corrected chi connectivity index (χ4v) is 4.66. The molecule has 0 fully saturated rings. The number of hydrogen-bond acceptors (Lipinski definition) is 6. The molecule has 0 spiro atoms. The van der Waals surface area contributed by atoms with Crippen LogP contribution in [0.3, 0.4) is 0 Å². The second kappa shape index (κ2) is 7.46. The predicted molar refractivity (Wildman–Crippen MR) is 117 cm³/mol. The third-order valence-electron chi connectivity index (χ3n) is 4.22. The van der Waals surface area contributed by atoms with Gasteiger partial charge in [-0.05, 0) is 35.7 Å². The van der Waals surface area contributed by atoms with Gasteiger partial charge < -0.3 is 14.4 Å². The number of nitrogens with one attached hydrogen (secondary N) is 2. The lowest BCUT2D eigenvalue weighted by atomic mass is 9.92. The topological polar surface area (TPSA) is 91.8 Å². The van der Waals surface area contributed by atoms with E-state index in [4.69, 9.17) is 4.42 Å². The van der Waals surface area contributed by atoms with Crippen LogP contribution in [0.2, 0.25) is 0 Å². The largest absolute Gasteiger partial charge is 0.447 e. The van der Waals surface area contributed by atoms with E-state index in [1.807, 2.05) is 44.4 Å². The van der Waals surface area contributed by atoms with E-state index in [1.165, 1.54) is 17.3 Å². The van der Waals surface area contributed by atoms with Gasteiger partial charge in [0, 0.05) is 20.0 Å². The molecular formula is C21H19N3O3S2. The Labute approximate surface area is 173 Å². The number of rotatable bonds is 3. The Balaban J connectivity index is 1.76. The molecule has 0 saturated heterocycles. The smallest absolute Gasteiger partial charge is 0.272 e. The van der Waals surface area contributed by atoms with Crippen LogP contribution in [0.5, 0.6) is 0 Å². The van der Waals surface area contributed by atoms with Crippen molar-refractivity contribution in [2.45, 2.75) is 26.2 Å². The maximum Gasteiger partial charge on any atom is 0.272 e. The van der Waals surface area contributed by atoms with E-state index >= 15 is 0 Å². The molecule has 4 aromatic rings. The van der Waals surface area contributed by atoms with Gasteiger partial charge in [-0.2, -0.15) is 0 Å². The van der Waals surface area contributed by atoms with E-state index in [2.05, 4.69) is 21.0 Å². The van der Waals surface area contributed by atoms with Crippen molar-refractivity contribution < 1.29 is 4.42 Å². The Hall–Kier alpha value is -2.97. The summed E-state index contributed by atoms with van der Waals surface area (Å²) < 4.78 is 5.46. The van der Waals surface area contributed by atoms with Gasteiger partial charge in [0.05, 0.1) is 0 Å². The van der Waals surface area contributed by atoms with Crippen LogP contribution in [-0.2, 0) is 5.41 Å². The number of aromatic amines is 2. The summed E-state index contributed by atoms with van der Waals surface area (Å²) in [5.74, 6) is 0.646. The van der Waals surface area contributed by atoms with Crippen LogP contribution in [0.15, 0.2) is 50.0 Å². The van der Waals surface area contributed by atoms with Crippen LogP contribution < -0.4 is 21.8 Å². The summed E-state index contributed by atoms with van der Waals surface area (Å²) in [6, 6.07) is 7.99. The maximum atomic E-state index is 12.5. The van der Waals surface area contributed by atoms with Crippen molar-refractivity contribution in [3.63, 3.8) is 0 Å². The summed E-state index contributed by atoms with van der Waals surface area (Å²) in [5.41, 5.74) is -0.520. The first kappa shape index (κ1) is 19.4. The Morgan fingerprint density at radius 2 is 1.72 bits per heavy atom. The normalized spacial score (nSPS) is 13.3. The maximum absolute atomic E-state index is 12.5. The number of thiophene rings is 2. The molecule has 0 aliphatic carbocycles. The van der Waals surface area contributed by atoms with E-state index in [0.29, 0.717) is 11.5 Å². The van der Waals surface area contributed by atoms with Gasteiger partial charge in [-0.15, -0.1) is 22.7 Å². The molecule has 0 amide bonds. The molecule has 0 aliphatic heterocycles. The second-order valence-corrected chi connectivity index (χ2v) is 9.58. The quantitative estimate of drug-likeness (QED) is 0.528. The first-order chi connectivity index (χ1) is 13.8. The van der Waals surface area contributed by atoms with E-state index in [1.54, 1.807) is 28.7 Å². The highest BCUT2D eigenvalue weighted by atomic mass is 32.1. The van der Waals surface area contributed by atoms with Gasteiger partial charge >= 0.3 is 0 Å². The van der Waals surface area contributed by atoms with Crippen molar-refractivity contribution in [3.05, 3.63) is 83.8 Å². The third kappa shape index (κ3) is 4.08.